The van der Waals surface area contributed by atoms with E-state index in [4.69, 9.17) is 11.6 Å². The molecule has 0 aliphatic carbocycles. The van der Waals surface area contributed by atoms with Gasteiger partial charge in [-0.25, -0.2) is 12.7 Å². The Balaban J connectivity index is 2.80. The number of nitrogens with zero attached hydrogens (tertiary/aromatic N) is 1. The van der Waals surface area contributed by atoms with Crippen molar-refractivity contribution in [1.82, 2.24) is 9.62 Å². The lowest BCUT2D eigenvalue weighted by molar-refractivity contribution is -0.120. The quantitative estimate of drug-likeness (QED) is 0.883. The number of carbonyl (C=O) groups excluding carboxylic acids is 1. The molecule has 0 aliphatic heterocycles. The van der Waals surface area contributed by atoms with Crippen LogP contribution in [-0.2, 0) is 14.8 Å². The number of carbonyl (C=O) groups is 1. The zero-order valence-electron chi connectivity index (χ0n) is 10.2. The molecular formula is C11H15ClN2O3S. The van der Waals surface area contributed by atoms with Crippen LogP contribution in [0.1, 0.15) is 6.42 Å². The van der Waals surface area contributed by atoms with Crippen molar-refractivity contribution in [2.75, 3.05) is 20.6 Å². The first-order valence-electron chi connectivity index (χ1n) is 5.30. The van der Waals surface area contributed by atoms with E-state index in [1.807, 2.05) is 0 Å². The van der Waals surface area contributed by atoms with Gasteiger partial charge in [0.15, 0.2) is 0 Å². The van der Waals surface area contributed by atoms with E-state index in [-0.39, 0.29) is 23.8 Å². The van der Waals surface area contributed by atoms with E-state index in [0.717, 1.165) is 4.31 Å². The van der Waals surface area contributed by atoms with Crippen LogP contribution in [0.25, 0.3) is 0 Å². The van der Waals surface area contributed by atoms with Gasteiger partial charge in [-0.1, -0.05) is 11.6 Å². The maximum atomic E-state index is 12.1. The number of rotatable bonds is 5. The summed E-state index contributed by atoms with van der Waals surface area (Å²) in [7, 11) is -0.618. The smallest absolute Gasteiger partial charge is 0.242 e. The SMILES string of the molecule is CNC(=O)CCN(C)S(=O)(=O)c1ccc(Cl)cc1. The minimum Gasteiger partial charge on any atom is -0.359 e. The number of amides is 1. The van der Waals surface area contributed by atoms with E-state index >= 15 is 0 Å². The zero-order valence-corrected chi connectivity index (χ0v) is 11.8. The Labute approximate surface area is 112 Å². The Bertz CT molecular complexity index is 514. The Morgan fingerprint density at radius 3 is 2.39 bits per heavy atom. The van der Waals surface area contributed by atoms with Gasteiger partial charge in [0.05, 0.1) is 4.90 Å². The van der Waals surface area contributed by atoms with Crippen molar-refractivity contribution in [3.8, 4) is 0 Å². The summed E-state index contributed by atoms with van der Waals surface area (Å²) in [6.07, 6.45) is 0.125. The van der Waals surface area contributed by atoms with Gasteiger partial charge in [-0.15, -0.1) is 0 Å². The van der Waals surface area contributed by atoms with Crippen LogP contribution in [0.4, 0.5) is 0 Å². The van der Waals surface area contributed by atoms with Crippen molar-refractivity contribution in [3.05, 3.63) is 29.3 Å². The highest BCUT2D eigenvalue weighted by Gasteiger charge is 2.20. The lowest BCUT2D eigenvalue weighted by Crippen LogP contribution is -2.31. The molecule has 0 unspecified atom stereocenters. The minimum atomic E-state index is -3.56. The summed E-state index contributed by atoms with van der Waals surface area (Å²) in [5.74, 6) is -0.201. The molecule has 7 heteroatoms. The summed E-state index contributed by atoms with van der Waals surface area (Å²) in [6.45, 7) is 0.130. The molecule has 100 valence electrons. The van der Waals surface area contributed by atoms with Gasteiger partial charge in [0.2, 0.25) is 15.9 Å². The highest BCUT2D eigenvalue weighted by atomic mass is 35.5. The molecule has 1 rings (SSSR count). The molecule has 1 amide bonds. The number of hydrogen-bond acceptors (Lipinski definition) is 3. The van der Waals surface area contributed by atoms with Gasteiger partial charge in [0, 0.05) is 32.1 Å². The van der Waals surface area contributed by atoms with Gasteiger partial charge >= 0.3 is 0 Å². The zero-order chi connectivity index (χ0) is 13.8. The first-order chi connectivity index (χ1) is 8.37. The topological polar surface area (TPSA) is 66.5 Å². The van der Waals surface area contributed by atoms with Crippen LogP contribution in [0.15, 0.2) is 29.2 Å². The largest absolute Gasteiger partial charge is 0.359 e. The molecule has 0 aromatic heterocycles. The first-order valence-corrected chi connectivity index (χ1v) is 7.12. The second kappa shape index (κ2) is 6.17. The first kappa shape index (κ1) is 14.9. The van der Waals surface area contributed by atoms with Gasteiger partial charge in [0.25, 0.3) is 0 Å². The highest BCUT2D eigenvalue weighted by molar-refractivity contribution is 7.89. The Morgan fingerprint density at radius 1 is 1.33 bits per heavy atom. The fourth-order valence-electron chi connectivity index (χ4n) is 1.29. The molecule has 1 N–H and O–H groups in total. The molecule has 0 saturated heterocycles. The maximum Gasteiger partial charge on any atom is 0.242 e. The van der Waals surface area contributed by atoms with Crippen molar-refractivity contribution in [2.45, 2.75) is 11.3 Å². The average Bonchev–Trinajstić information content (AvgIpc) is 2.35. The van der Waals surface area contributed by atoms with Crippen molar-refractivity contribution < 1.29 is 13.2 Å². The third kappa shape index (κ3) is 3.69. The predicted molar refractivity (Wildman–Crippen MR) is 70.0 cm³/mol. The Kier molecular flexibility index (Phi) is 5.13. The fourth-order valence-corrected chi connectivity index (χ4v) is 2.59. The molecule has 0 radical (unpaired) electrons. The van der Waals surface area contributed by atoms with E-state index in [9.17, 15) is 13.2 Å². The average molecular weight is 291 g/mol. The van der Waals surface area contributed by atoms with Gasteiger partial charge in [-0.05, 0) is 24.3 Å². The highest BCUT2D eigenvalue weighted by Crippen LogP contribution is 2.17. The molecule has 0 fully saturated rings. The molecular weight excluding hydrogens is 276 g/mol. The molecule has 0 aliphatic rings. The lowest BCUT2D eigenvalue weighted by Gasteiger charge is -2.16. The summed E-state index contributed by atoms with van der Waals surface area (Å²) in [5, 5.41) is 2.92. The predicted octanol–water partition coefficient (Wildman–Crippen LogP) is 1.10. The number of nitrogens with one attached hydrogen (secondary N) is 1. The maximum absolute atomic E-state index is 12.1. The lowest BCUT2D eigenvalue weighted by atomic mass is 10.4. The van der Waals surface area contributed by atoms with E-state index in [0.29, 0.717) is 5.02 Å². The molecule has 18 heavy (non-hydrogen) atoms. The Morgan fingerprint density at radius 2 is 1.89 bits per heavy atom. The number of hydrogen-bond donors (Lipinski definition) is 1. The molecule has 0 bridgehead atoms. The summed E-state index contributed by atoms with van der Waals surface area (Å²) in [6, 6.07) is 5.91. The molecule has 0 spiro atoms. The van der Waals surface area contributed by atoms with Crippen molar-refractivity contribution in [2.24, 2.45) is 0 Å². The normalized spacial score (nSPS) is 11.6. The molecule has 0 atom stereocenters. The third-order valence-corrected chi connectivity index (χ3v) is 4.58. The van der Waals surface area contributed by atoms with Crippen molar-refractivity contribution >= 4 is 27.5 Å². The molecule has 1 aromatic rings. The van der Waals surface area contributed by atoms with Gasteiger partial charge in [0.1, 0.15) is 0 Å². The van der Waals surface area contributed by atoms with Crippen LogP contribution in [-0.4, -0.2) is 39.3 Å². The fraction of sp³-hybridized carbons (Fsp3) is 0.364. The molecule has 1 aromatic carbocycles. The van der Waals surface area contributed by atoms with Crippen molar-refractivity contribution in [3.63, 3.8) is 0 Å². The van der Waals surface area contributed by atoms with Crippen LogP contribution >= 0.6 is 11.6 Å². The molecule has 0 heterocycles. The standard InChI is InChI=1S/C11H15ClN2O3S/c1-13-11(15)7-8-14(2)18(16,17)10-5-3-9(12)4-6-10/h3-6H,7-8H2,1-2H3,(H,13,15). The number of halogens is 1. The van der Waals surface area contributed by atoms with E-state index in [1.54, 1.807) is 0 Å². The van der Waals surface area contributed by atoms with E-state index in [2.05, 4.69) is 5.32 Å². The van der Waals surface area contributed by atoms with Crippen molar-refractivity contribution in [1.29, 1.82) is 0 Å². The summed E-state index contributed by atoms with van der Waals surface area (Å²) in [4.78, 5) is 11.2. The second-order valence-corrected chi connectivity index (χ2v) is 6.18. The van der Waals surface area contributed by atoms with E-state index in [1.165, 1.54) is 38.4 Å². The van der Waals surface area contributed by atoms with Gasteiger partial charge in [-0.3, -0.25) is 4.79 Å². The summed E-state index contributed by atoms with van der Waals surface area (Å²) >= 11 is 5.70. The van der Waals surface area contributed by atoms with Crippen LogP contribution in [0, 0.1) is 0 Å². The van der Waals surface area contributed by atoms with Crippen LogP contribution in [0.2, 0.25) is 5.02 Å². The van der Waals surface area contributed by atoms with E-state index < -0.39 is 10.0 Å². The molecule has 0 saturated carbocycles. The monoisotopic (exact) mass is 290 g/mol. The third-order valence-electron chi connectivity index (χ3n) is 2.45. The molecule has 5 nitrogen and oxygen atoms in total. The Hall–Kier alpha value is -1.11. The van der Waals surface area contributed by atoms with Crippen LogP contribution < -0.4 is 5.32 Å². The minimum absolute atomic E-state index is 0.125. The summed E-state index contributed by atoms with van der Waals surface area (Å²) < 4.78 is 25.3. The number of benzene rings is 1. The van der Waals surface area contributed by atoms with Gasteiger partial charge in [-0.2, -0.15) is 0 Å². The number of sulfonamides is 1. The summed E-state index contributed by atoms with van der Waals surface area (Å²) in [5.41, 5.74) is 0. The second-order valence-electron chi connectivity index (χ2n) is 3.70. The van der Waals surface area contributed by atoms with Crippen LogP contribution in [0.3, 0.4) is 0 Å². The van der Waals surface area contributed by atoms with Crippen LogP contribution in [0.5, 0.6) is 0 Å². The van der Waals surface area contributed by atoms with Gasteiger partial charge < -0.3 is 5.32 Å².